The Hall–Kier alpha value is -6.53. The van der Waals surface area contributed by atoms with E-state index in [0.717, 1.165) is 73.0 Å². The molecule has 7 aromatic rings. The number of piperazine rings is 1. The van der Waals surface area contributed by atoms with Crippen molar-refractivity contribution in [1.29, 1.82) is 0 Å². The molecule has 2 saturated heterocycles. The van der Waals surface area contributed by atoms with Crippen LogP contribution in [0.4, 0.5) is 25.8 Å². The third-order valence-electron chi connectivity index (χ3n) is 14.6. The lowest BCUT2D eigenvalue weighted by Gasteiger charge is -2.39. The fraction of sp³-hybridized carbons (Fsp3) is 0.393. The molecule has 1 aliphatic carbocycles. The van der Waals surface area contributed by atoms with Crippen LogP contribution in [0.5, 0.6) is 11.5 Å². The highest BCUT2D eigenvalue weighted by Crippen LogP contribution is 2.47. The number of allylic oxidation sites excluding steroid dienone is 1. The number of benzene rings is 3. The van der Waals surface area contributed by atoms with Crippen molar-refractivity contribution in [1.82, 2.24) is 24.2 Å². The summed E-state index contributed by atoms with van der Waals surface area (Å²) >= 11 is 1.59. The molecule has 2 aliphatic heterocycles. The van der Waals surface area contributed by atoms with Crippen LogP contribution >= 0.6 is 11.3 Å². The molecular weight excluding hydrogens is 1060 g/mol. The Balaban J connectivity index is 0.862. The summed E-state index contributed by atoms with van der Waals surface area (Å²) in [5, 5.41) is 18.2. The lowest BCUT2D eigenvalue weighted by atomic mass is 9.73. The van der Waals surface area contributed by atoms with E-state index in [-0.39, 0.29) is 41.8 Å². The second kappa shape index (κ2) is 22.7. The summed E-state index contributed by atoms with van der Waals surface area (Å²) in [4.78, 5) is 38.2. The van der Waals surface area contributed by atoms with Crippen LogP contribution < -0.4 is 19.7 Å². The van der Waals surface area contributed by atoms with E-state index in [4.69, 9.17) is 18.9 Å². The summed E-state index contributed by atoms with van der Waals surface area (Å²) in [6.45, 7) is 17.0. The van der Waals surface area contributed by atoms with Crippen molar-refractivity contribution in [3.63, 3.8) is 0 Å². The number of H-pyrrole nitrogens is 1. The zero-order chi connectivity index (χ0) is 54.9. The fourth-order valence-corrected chi connectivity index (χ4v) is 13.0. The van der Waals surface area contributed by atoms with Crippen molar-refractivity contribution in [2.24, 2.45) is 5.41 Å². The monoisotopic (exact) mass is 1120 g/mol. The number of aromatic nitrogens is 3. The van der Waals surface area contributed by atoms with Crippen LogP contribution in [0, 0.1) is 27.2 Å². The first-order chi connectivity index (χ1) is 37.3. The van der Waals surface area contributed by atoms with Crippen LogP contribution in [-0.4, -0.2) is 119 Å². The van der Waals surface area contributed by atoms with Gasteiger partial charge in [-0.3, -0.25) is 19.8 Å². The predicted molar refractivity (Wildman–Crippen MR) is 302 cm³/mol. The second-order valence-electron chi connectivity index (χ2n) is 22.2. The first-order valence-corrected chi connectivity index (χ1v) is 32.2. The van der Waals surface area contributed by atoms with Gasteiger partial charge >= 0.3 is 0 Å². The Kier molecular flexibility index (Phi) is 15.9. The van der Waals surface area contributed by atoms with Gasteiger partial charge < -0.3 is 38.7 Å². The van der Waals surface area contributed by atoms with Gasteiger partial charge in [0, 0.05) is 111 Å². The number of hydrogen-bond donors (Lipinski definition) is 3. The number of carbonyl (C=O) groups is 1. The number of hydrogen-bond acceptors (Lipinski definition) is 14. The maximum Gasteiger partial charge on any atom is 0.293 e. The molecule has 78 heavy (non-hydrogen) atoms. The molecule has 10 rings (SSSR count). The van der Waals surface area contributed by atoms with E-state index in [0.29, 0.717) is 72.9 Å². The predicted octanol–water partition coefficient (Wildman–Crippen LogP) is 11.3. The van der Waals surface area contributed by atoms with Crippen LogP contribution in [0.25, 0.3) is 38.6 Å². The van der Waals surface area contributed by atoms with Gasteiger partial charge in [-0.25, -0.2) is 26.9 Å². The van der Waals surface area contributed by atoms with Crippen molar-refractivity contribution in [2.45, 2.75) is 76.5 Å². The summed E-state index contributed by atoms with van der Waals surface area (Å²) in [5.74, 6) is -1.83. The van der Waals surface area contributed by atoms with E-state index in [1.165, 1.54) is 35.5 Å². The molecule has 3 N–H and O–H groups in total. The highest BCUT2D eigenvalue weighted by Gasteiger charge is 2.32. The van der Waals surface area contributed by atoms with E-state index in [1.807, 2.05) is 16.0 Å². The summed E-state index contributed by atoms with van der Waals surface area (Å²) in [6.07, 6.45) is 7.47. The molecule has 0 radical (unpaired) electrons. The third-order valence-corrected chi connectivity index (χ3v) is 18.6. The minimum atomic E-state index is -4.63. The number of anilines is 2. The SMILES string of the molecule is CC1(C)CCC(CN2CCN(c3ccc(C(=O)NS(=O)(=O)c4ccc(NC[C@H]5COCCO5)c([N+](=O)[O-])c4)c(Oc4cnc5[nH]ccc5c4)c3)CC2)=C(c2cc(-c3c(F)cc(F)c4ccn(COCC[Si](C)(C)C)c34)cs2)C1. The van der Waals surface area contributed by atoms with Crippen LogP contribution in [0.15, 0.2) is 101 Å². The van der Waals surface area contributed by atoms with Gasteiger partial charge in [-0.1, -0.05) is 39.1 Å². The highest BCUT2D eigenvalue weighted by atomic mass is 32.2. The molecule has 1 atom stereocenters. The Labute approximate surface area is 456 Å². The number of nitro benzene ring substituents is 1. The van der Waals surface area contributed by atoms with Crippen LogP contribution in [0.3, 0.4) is 0 Å². The molecule has 3 aromatic carbocycles. The second-order valence-corrected chi connectivity index (χ2v) is 30.4. The first-order valence-electron chi connectivity index (χ1n) is 26.1. The number of pyridine rings is 1. The molecule has 4 aromatic heterocycles. The average molecular weight is 1120 g/mol. The van der Waals surface area contributed by atoms with E-state index in [1.54, 1.807) is 48.0 Å². The quantitative estimate of drug-likeness (QED) is 0.0300. The van der Waals surface area contributed by atoms with E-state index in [2.05, 4.69) is 69.4 Å². The molecule has 412 valence electrons. The number of rotatable bonds is 19. The standard InChI is InChI=1S/C56H64F2N8O9S2Si/c1-56(2)13-10-37(45(29-56)51-25-38(34-76-51)52-47(58)28-46(57)43-12-15-65(53(43)52)35-73-22-23-78(3,4)5)32-63-16-18-64(19-17-63)39-6-8-44(50(26-39)75-40-24-36-11-14-59-54(36)61-30-40)55(67)62-77(70,71)42-7-9-48(49(27-42)66(68)69)60-31-41-33-72-20-21-74-41/h6-9,11-12,14-15,24-28,30,34,41,60H,10,13,16-23,29,31-33,35H2,1-5H3,(H,59,61)(H,62,67)/t41-/m0/s1. The maximum atomic E-state index is 16.0. The number of nitro groups is 1. The minimum absolute atomic E-state index is 0.0549. The Morgan fingerprint density at radius 3 is 2.62 bits per heavy atom. The number of nitrogens with one attached hydrogen (secondary N) is 3. The van der Waals surface area contributed by atoms with Crippen LogP contribution in [0.1, 0.15) is 48.3 Å². The number of nitrogens with zero attached hydrogens (tertiary/aromatic N) is 5. The number of fused-ring (bicyclic) bond motifs is 2. The number of halogens is 2. The van der Waals surface area contributed by atoms with Gasteiger partial charge in [0.15, 0.2) is 0 Å². The number of sulfonamides is 1. The third kappa shape index (κ3) is 12.5. The Morgan fingerprint density at radius 2 is 1.85 bits per heavy atom. The van der Waals surface area contributed by atoms with Crippen molar-refractivity contribution in [3.05, 3.63) is 128 Å². The molecule has 0 unspecified atom stereocenters. The summed E-state index contributed by atoms with van der Waals surface area (Å²) in [5.41, 5.74) is 5.10. The molecule has 0 saturated carbocycles. The van der Waals surface area contributed by atoms with Gasteiger partial charge in [0.1, 0.15) is 41.2 Å². The molecule has 1 amide bonds. The molecule has 2 fully saturated rings. The number of thiophene rings is 1. The number of ether oxygens (including phenoxy) is 4. The lowest BCUT2D eigenvalue weighted by Crippen LogP contribution is -2.47. The van der Waals surface area contributed by atoms with Crippen molar-refractivity contribution in [2.75, 3.05) is 75.9 Å². The van der Waals surface area contributed by atoms with Gasteiger partial charge in [0.2, 0.25) is 0 Å². The summed E-state index contributed by atoms with van der Waals surface area (Å²) in [6, 6.07) is 17.6. The molecule has 17 nitrogen and oxygen atoms in total. The minimum Gasteiger partial charge on any atom is -0.455 e. The zero-order valence-corrected chi connectivity index (χ0v) is 47.0. The van der Waals surface area contributed by atoms with Crippen molar-refractivity contribution >= 4 is 79.9 Å². The first kappa shape index (κ1) is 54.8. The summed E-state index contributed by atoms with van der Waals surface area (Å²) < 4.78 is 86.2. The zero-order valence-electron chi connectivity index (χ0n) is 44.3. The van der Waals surface area contributed by atoms with E-state index < -0.39 is 51.1 Å². The Bertz CT molecular complexity index is 3520. The van der Waals surface area contributed by atoms with Crippen LogP contribution in [0.2, 0.25) is 25.7 Å². The number of amides is 1. The van der Waals surface area contributed by atoms with Crippen molar-refractivity contribution < 1.29 is 45.9 Å². The largest absolute Gasteiger partial charge is 0.455 e. The molecule has 3 aliphatic rings. The molecular formula is C56H64F2N8O9S2Si. The van der Waals surface area contributed by atoms with E-state index in [9.17, 15) is 23.3 Å². The summed E-state index contributed by atoms with van der Waals surface area (Å²) in [7, 11) is -5.97. The lowest BCUT2D eigenvalue weighted by molar-refractivity contribution is -0.384. The normalized spacial score (nSPS) is 17.5. The molecule has 0 bridgehead atoms. The topological polar surface area (TPSA) is 195 Å². The molecule has 22 heteroatoms. The van der Waals surface area contributed by atoms with Gasteiger partial charge in [0.25, 0.3) is 21.6 Å². The van der Waals surface area contributed by atoms with Gasteiger partial charge in [-0.15, -0.1) is 11.3 Å². The number of aromatic amines is 1. The van der Waals surface area contributed by atoms with Gasteiger partial charge in [-0.05, 0) is 95.8 Å². The fourth-order valence-electron chi connectivity index (χ4n) is 10.2. The average Bonchev–Trinajstić information content (AvgIpc) is 4.24. The van der Waals surface area contributed by atoms with Crippen LogP contribution in [-0.2, 0) is 31.0 Å². The van der Waals surface area contributed by atoms with Gasteiger partial charge in [0.05, 0.1) is 53.0 Å². The smallest absolute Gasteiger partial charge is 0.293 e. The van der Waals surface area contributed by atoms with E-state index >= 15 is 8.78 Å². The molecule has 0 spiro atoms. The number of carbonyl (C=O) groups excluding carboxylic acids is 1. The molecule has 6 heterocycles. The van der Waals surface area contributed by atoms with Gasteiger partial charge in [-0.2, -0.15) is 0 Å². The maximum absolute atomic E-state index is 16.0. The Morgan fingerprint density at radius 1 is 1.03 bits per heavy atom. The van der Waals surface area contributed by atoms with Crippen molar-refractivity contribution in [3.8, 4) is 22.6 Å². The highest BCUT2D eigenvalue weighted by molar-refractivity contribution is 7.90.